The molecule has 0 spiro atoms. The monoisotopic (exact) mass is 461 g/mol. The fourth-order valence-electron chi connectivity index (χ4n) is 3.07. The number of hydrogen-bond acceptors (Lipinski definition) is 5. The van der Waals surface area contributed by atoms with Crippen molar-refractivity contribution in [2.75, 3.05) is 6.61 Å². The highest BCUT2D eigenvalue weighted by Crippen LogP contribution is 2.29. The number of ether oxygens (including phenoxy) is 1. The van der Waals surface area contributed by atoms with Crippen LogP contribution in [0.1, 0.15) is 58.7 Å². The molecule has 174 valence electrons. The number of aromatic nitrogens is 3. The summed E-state index contributed by atoms with van der Waals surface area (Å²) in [6.07, 6.45) is -2.53. The van der Waals surface area contributed by atoms with E-state index in [1.54, 1.807) is 38.1 Å². The maximum Gasteiger partial charge on any atom is 0.417 e. The second kappa shape index (κ2) is 9.72. The number of carbonyl (C=O) groups excluding carboxylic acids is 2. The molecule has 0 atom stereocenters. The fourth-order valence-corrected chi connectivity index (χ4v) is 3.07. The smallest absolute Gasteiger partial charge is 0.417 e. The van der Waals surface area contributed by atoms with Gasteiger partial charge in [-0.3, -0.25) is 20.4 Å². The van der Waals surface area contributed by atoms with Crippen LogP contribution in [0.3, 0.4) is 0 Å². The molecule has 0 unspecified atom stereocenters. The van der Waals surface area contributed by atoms with Gasteiger partial charge in [0.25, 0.3) is 11.8 Å². The molecular formula is C22H22F3N5O3. The van der Waals surface area contributed by atoms with Crippen LogP contribution in [-0.4, -0.2) is 33.2 Å². The van der Waals surface area contributed by atoms with Crippen molar-refractivity contribution >= 4 is 11.8 Å². The van der Waals surface area contributed by atoms with Gasteiger partial charge in [0.15, 0.2) is 5.82 Å². The molecule has 0 aliphatic heterocycles. The standard InChI is InChI=1S/C22H22F3N5O3/c1-4-33-16-8-5-14(6-9-16)20(31)28-29-21(32)17-12-27-30(19(17)13(2)3)18-10-7-15(11-26-18)22(23,24)25/h5-13H,4H2,1-3H3,(H,28,31)(H,29,32). The summed E-state index contributed by atoms with van der Waals surface area (Å²) >= 11 is 0. The molecule has 2 N–H and O–H groups in total. The number of benzene rings is 1. The molecule has 1 aromatic carbocycles. The van der Waals surface area contributed by atoms with E-state index in [0.29, 0.717) is 29.8 Å². The van der Waals surface area contributed by atoms with Gasteiger partial charge < -0.3 is 4.74 Å². The van der Waals surface area contributed by atoms with E-state index in [0.717, 1.165) is 6.07 Å². The molecule has 0 saturated heterocycles. The zero-order chi connectivity index (χ0) is 24.2. The van der Waals surface area contributed by atoms with Crippen molar-refractivity contribution in [1.29, 1.82) is 0 Å². The molecule has 0 aliphatic rings. The van der Waals surface area contributed by atoms with Crippen LogP contribution < -0.4 is 15.6 Å². The van der Waals surface area contributed by atoms with E-state index in [4.69, 9.17) is 4.74 Å². The third-order valence-corrected chi connectivity index (χ3v) is 4.61. The van der Waals surface area contributed by atoms with Gasteiger partial charge in [0, 0.05) is 11.8 Å². The van der Waals surface area contributed by atoms with Crippen molar-refractivity contribution in [2.45, 2.75) is 32.9 Å². The predicted octanol–water partition coefficient (Wildman–Crippen LogP) is 3.88. The van der Waals surface area contributed by atoms with E-state index in [9.17, 15) is 22.8 Å². The number of hydrogen-bond donors (Lipinski definition) is 2. The molecule has 2 heterocycles. The van der Waals surface area contributed by atoms with Crippen LogP contribution in [0.4, 0.5) is 13.2 Å². The Morgan fingerprint density at radius 2 is 1.70 bits per heavy atom. The highest BCUT2D eigenvalue weighted by Gasteiger charge is 2.31. The maximum absolute atomic E-state index is 12.8. The van der Waals surface area contributed by atoms with Gasteiger partial charge in [-0.25, -0.2) is 9.67 Å². The minimum absolute atomic E-state index is 0.129. The Hall–Kier alpha value is -3.89. The van der Waals surface area contributed by atoms with Crippen molar-refractivity contribution in [1.82, 2.24) is 25.6 Å². The van der Waals surface area contributed by atoms with E-state index >= 15 is 0 Å². The molecule has 11 heteroatoms. The van der Waals surface area contributed by atoms with Gasteiger partial charge in [0.05, 0.1) is 29.6 Å². The maximum atomic E-state index is 12.8. The Kier molecular flexibility index (Phi) is 7.00. The summed E-state index contributed by atoms with van der Waals surface area (Å²) in [5.41, 5.74) is 4.67. The number of nitrogens with zero attached hydrogens (tertiary/aromatic N) is 3. The van der Waals surface area contributed by atoms with Crippen LogP contribution in [0, 0.1) is 0 Å². The lowest BCUT2D eigenvalue weighted by Gasteiger charge is -2.13. The number of pyridine rings is 1. The number of carbonyl (C=O) groups is 2. The van der Waals surface area contributed by atoms with Crippen LogP contribution in [0.2, 0.25) is 0 Å². The van der Waals surface area contributed by atoms with E-state index in [1.165, 1.54) is 16.9 Å². The first kappa shape index (κ1) is 23.8. The first-order valence-electron chi connectivity index (χ1n) is 10.1. The zero-order valence-corrected chi connectivity index (χ0v) is 18.1. The van der Waals surface area contributed by atoms with Crippen LogP contribution in [-0.2, 0) is 6.18 Å². The van der Waals surface area contributed by atoms with E-state index < -0.39 is 23.6 Å². The van der Waals surface area contributed by atoms with E-state index in [-0.39, 0.29) is 17.3 Å². The van der Waals surface area contributed by atoms with Crippen LogP contribution >= 0.6 is 0 Å². The topological polar surface area (TPSA) is 98.1 Å². The van der Waals surface area contributed by atoms with Crippen LogP contribution in [0.5, 0.6) is 5.75 Å². The summed E-state index contributed by atoms with van der Waals surface area (Å²) in [4.78, 5) is 28.9. The second-order valence-corrected chi connectivity index (χ2v) is 7.28. The summed E-state index contributed by atoms with van der Waals surface area (Å²) in [7, 11) is 0. The SMILES string of the molecule is CCOc1ccc(C(=O)NNC(=O)c2cnn(-c3ccc(C(F)(F)F)cn3)c2C(C)C)cc1. The summed E-state index contributed by atoms with van der Waals surface area (Å²) in [5.74, 6) is -0.641. The molecular weight excluding hydrogens is 439 g/mol. The quantitative estimate of drug-likeness (QED) is 0.543. The number of rotatable bonds is 6. The third kappa shape index (κ3) is 5.48. The van der Waals surface area contributed by atoms with Gasteiger partial charge in [0.2, 0.25) is 0 Å². The fraction of sp³-hybridized carbons (Fsp3) is 0.273. The average Bonchev–Trinajstić information content (AvgIpc) is 3.23. The molecule has 0 aliphatic carbocycles. The first-order chi connectivity index (χ1) is 15.6. The lowest BCUT2D eigenvalue weighted by atomic mass is 10.1. The van der Waals surface area contributed by atoms with Crippen molar-refractivity contribution in [3.8, 4) is 11.6 Å². The van der Waals surface area contributed by atoms with Crippen molar-refractivity contribution < 1.29 is 27.5 Å². The number of hydrazine groups is 1. The largest absolute Gasteiger partial charge is 0.494 e. The van der Waals surface area contributed by atoms with Crippen molar-refractivity contribution in [3.05, 3.63) is 71.2 Å². The van der Waals surface area contributed by atoms with Crippen LogP contribution in [0.15, 0.2) is 48.8 Å². The van der Waals surface area contributed by atoms with Gasteiger partial charge in [-0.1, -0.05) is 13.8 Å². The third-order valence-electron chi connectivity index (χ3n) is 4.61. The Morgan fingerprint density at radius 1 is 1.03 bits per heavy atom. The molecule has 0 bridgehead atoms. The van der Waals surface area contributed by atoms with Gasteiger partial charge in [-0.15, -0.1) is 0 Å². The Morgan fingerprint density at radius 3 is 2.24 bits per heavy atom. The van der Waals surface area contributed by atoms with Gasteiger partial charge in [-0.2, -0.15) is 18.3 Å². The number of halogens is 3. The van der Waals surface area contributed by atoms with Gasteiger partial charge >= 0.3 is 6.18 Å². The molecule has 8 nitrogen and oxygen atoms in total. The number of alkyl halides is 3. The summed E-state index contributed by atoms with van der Waals surface area (Å²) in [6.45, 7) is 5.94. The molecule has 3 aromatic rings. The summed E-state index contributed by atoms with van der Waals surface area (Å²) in [5, 5.41) is 4.12. The number of nitrogens with one attached hydrogen (secondary N) is 2. The molecule has 0 radical (unpaired) electrons. The average molecular weight is 461 g/mol. The van der Waals surface area contributed by atoms with Crippen molar-refractivity contribution in [3.63, 3.8) is 0 Å². The minimum atomic E-state index is -4.51. The Balaban J connectivity index is 1.75. The molecule has 0 fully saturated rings. The Labute approximate surface area is 187 Å². The van der Waals surface area contributed by atoms with Crippen LogP contribution in [0.25, 0.3) is 5.82 Å². The Bertz CT molecular complexity index is 1120. The first-order valence-corrected chi connectivity index (χ1v) is 10.1. The highest BCUT2D eigenvalue weighted by atomic mass is 19.4. The molecule has 3 rings (SSSR count). The molecule has 33 heavy (non-hydrogen) atoms. The number of amides is 2. The molecule has 2 aromatic heterocycles. The zero-order valence-electron chi connectivity index (χ0n) is 18.1. The van der Waals surface area contributed by atoms with Gasteiger partial charge in [0.1, 0.15) is 5.75 Å². The van der Waals surface area contributed by atoms with Gasteiger partial charge in [-0.05, 0) is 49.2 Å². The minimum Gasteiger partial charge on any atom is -0.494 e. The molecule has 0 saturated carbocycles. The lowest BCUT2D eigenvalue weighted by Crippen LogP contribution is -2.41. The second-order valence-electron chi connectivity index (χ2n) is 7.28. The summed E-state index contributed by atoms with van der Waals surface area (Å²) < 4.78 is 45.1. The van der Waals surface area contributed by atoms with E-state index in [1.807, 2.05) is 6.92 Å². The normalized spacial score (nSPS) is 11.4. The highest BCUT2D eigenvalue weighted by molar-refractivity contribution is 5.99. The lowest BCUT2D eigenvalue weighted by molar-refractivity contribution is -0.137. The van der Waals surface area contributed by atoms with Crippen molar-refractivity contribution in [2.24, 2.45) is 0 Å². The predicted molar refractivity (Wildman–Crippen MR) is 113 cm³/mol. The summed E-state index contributed by atoms with van der Waals surface area (Å²) in [6, 6.07) is 8.46. The molecule has 2 amide bonds. The van der Waals surface area contributed by atoms with E-state index in [2.05, 4.69) is 20.9 Å².